The summed E-state index contributed by atoms with van der Waals surface area (Å²) in [5.41, 5.74) is -0.186. The van der Waals surface area contributed by atoms with Gasteiger partial charge in [-0.2, -0.15) is 0 Å². The van der Waals surface area contributed by atoms with E-state index < -0.39 is 16.3 Å². The van der Waals surface area contributed by atoms with Gasteiger partial charge < -0.3 is 10.4 Å². The van der Waals surface area contributed by atoms with Crippen LogP contribution in [0, 0.1) is 15.5 Å². The van der Waals surface area contributed by atoms with Gasteiger partial charge in [-0.3, -0.25) is 19.7 Å². The highest BCUT2D eigenvalue weighted by Gasteiger charge is 2.39. The third kappa shape index (κ3) is 4.93. The van der Waals surface area contributed by atoms with Crippen molar-refractivity contribution in [3.8, 4) is 0 Å². The lowest BCUT2D eigenvalue weighted by Gasteiger charge is -2.32. The SMILES string of the molecule is CC(C)NC(=O)CC(C1=C(O)CC(C)(C)CC1=O)c1ccccc1[N+](=O)[O-]. The van der Waals surface area contributed by atoms with Gasteiger partial charge in [0.2, 0.25) is 5.91 Å². The highest BCUT2D eigenvalue weighted by atomic mass is 16.6. The average molecular weight is 374 g/mol. The Hall–Kier alpha value is -2.70. The van der Waals surface area contributed by atoms with Crippen molar-refractivity contribution in [3.63, 3.8) is 0 Å². The van der Waals surface area contributed by atoms with Crippen LogP contribution in [0.3, 0.4) is 0 Å². The molecular formula is C20H26N2O5. The van der Waals surface area contributed by atoms with Crippen LogP contribution in [-0.2, 0) is 9.59 Å². The number of aliphatic hydroxyl groups excluding tert-OH is 1. The summed E-state index contributed by atoms with van der Waals surface area (Å²) < 4.78 is 0. The third-order valence-corrected chi connectivity index (χ3v) is 4.59. The molecule has 0 heterocycles. The molecule has 2 rings (SSSR count). The molecule has 0 aromatic heterocycles. The quantitative estimate of drug-likeness (QED) is 0.581. The summed E-state index contributed by atoms with van der Waals surface area (Å²) in [6.45, 7) is 7.37. The summed E-state index contributed by atoms with van der Waals surface area (Å²) in [6, 6.07) is 5.95. The maximum absolute atomic E-state index is 12.8. The summed E-state index contributed by atoms with van der Waals surface area (Å²) >= 11 is 0. The van der Waals surface area contributed by atoms with Crippen LogP contribution in [0.25, 0.3) is 0 Å². The van der Waals surface area contributed by atoms with E-state index in [9.17, 15) is 24.8 Å². The summed E-state index contributed by atoms with van der Waals surface area (Å²) in [5, 5.41) is 24.8. The summed E-state index contributed by atoms with van der Waals surface area (Å²) in [4.78, 5) is 36.2. The molecule has 1 unspecified atom stereocenters. The van der Waals surface area contributed by atoms with Crippen molar-refractivity contribution in [2.45, 2.75) is 58.9 Å². The van der Waals surface area contributed by atoms with Crippen LogP contribution in [0.4, 0.5) is 5.69 Å². The summed E-state index contributed by atoms with van der Waals surface area (Å²) in [5.74, 6) is -1.55. The number of allylic oxidation sites excluding steroid dienone is 2. The molecule has 1 aliphatic rings. The second-order valence-electron chi connectivity index (χ2n) is 8.10. The van der Waals surface area contributed by atoms with Crippen LogP contribution in [0.5, 0.6) is 0 Å². The zero-order chi connectivity index (χ0) is 20.4. The zero-order valence-electron chi connectivity index (χ0n) is 16.1. The van der Waals surface area contributed by atoms with Gasteiger partial charge in [0.15, 0.2) is 5.78 Å². The van der Waals surface area contributed by atoms with Gasteiger partial charge in [0.25, 0.3) is 5.69 Å². The van der Waals surface area contributed by atoms with Gasteiger partial charge in [-0.15, -0.1) is 0 Å². The molecule has 1 atom stereocenters. The molecule has 2 N–H and O–H groups in total. The van der Waals surface area contributed by atoms with Crippen molar-refractivity contribution in [2.75, 3.05) is 0 Å². The van der Waals surface area contributed by atoms with Crippen molar-refractivity contribution in [2.24, 2.45) is 5.41 Å². The summed E-state index contributed by atoms with van der Waals surface area (Å²) in [7, 11) is 0. The third-order valence-electron chi connectivity index (χ3n) is 4.59. The first-order valence-electron chi connectivity index (χ1n) is 8.99. The fourth-order valence-corrected chi connectivity index (χ4v) is 3.58. The molecule has 0 saturated carbocycles. The number of amides is 1. The predicted octanol–water partition coefficient (Wildman–Crippen LogP) is 3.79. The largest absolute Gasteiger partial charge is 0.512 e. The fourth-order valence-electron chi connectivity index (χ4n) is 3.58. The number of Topliss-reactive ketones (excluding diaryl/α,β-unsaturated/α-hetero) is 1. The Labute approximate surface area is 158 Å². The van der Waals surface area contributed by atoms with Crippen LogP contribution in [0.2, 0.25) is 0 Å². The molecule has 0 spiro atoms. The second kappa shape index (κ2) is 7.90. The number of ketones is 1. The van der Waals surface area contributed by atoms with E-state index >= 15 is 0 Å². The van der Waals surface area contributed by atoms with E-state index in [-0.39, 0.29) is 59.6 Å². The first-order valence-corrected chi connectivity index (χ1v) is 8.99. The Morgan fingerprint density at radius 2 is 1.93 bits per heavy atom. The first-order chi connectivity index (χ1) is 12.5. The molecule has 1 aromatic rings. The number of nitro groups is 1. The van der Waals surface area contributed by atoms with Crippen molar-refractivity contribution >= 4 is 17.4 Å². The van der Waals surface area contributed by atoms with Crippen LogP contribution in [0.15, 0.2) is 35.6 Å². The number of carbonyl (C=O) groups is 2. The average Bonchev–Trinajstić information content (AvgIpc) is 2.51. The molecule has 7 heteroatoms. The van der Waals surface area contributed by atoms with E-state index in [0.29, 0.717) is 0 Å². The number of aliphatic hydroxyl groups is 1. The van der Waals surface area contributed by atoms with Gasteiger partial charge >= 0.3 is 0 Å². The van der Waals surface area contributed by atoms with Gasteiger partial charge in [0.05, 0.1) is 4.92 Å². The number of nitro benzene ring substituents is 1. The van der Waals surface area contributed by atoms with E-state index in [1.807, 2.05) is 27.7 Å². The molecule has 1 amide bonds. The highest BCUT2D eigenvalue weighted by molar-refractivity contribution is 5.99. The van der Waals surface area contributed by atoms with Gasteiger partial charge in [-0.1, -0.05) is 32.0 Å². The molecule has 7 nitrogen and oxygen atoms in total. The highest BCUT2D eigenvalue weighted by Crippen LogP contribution is 2.43. The molecule has 0 saturated heterocycles. The van der Waals surface area contributed by atoms with Crippen molar-refractivity contribution in [3.05, 3.63) is 51.3 Å². The molecule has 27 heavy (non-hydrogen) atoms. The van der Waals surface area contributed by atoms with E-state index in [4.69, 9.17) is 0 Å². The molecule has 0 aliphatic heterocycles. The number of nitrogens with one attached hydrogen (secondary N) is 1. The van der Waals surface area contributed by atoms with Gasteiger partial charge in [-0.05, 0) is 19.3 Å². The Morgan fingerprint density at radius 3 is 2.48 bits per heavy atom. The maximum atomic E-state index is 12.8. The number of hydrogen-bond acceptors (Lipinski definition) is 5. The van der Waals surface area contributed by atoms with Crippen molar-refractivity contribution in [1.82, 2.24) is 5.32 Å². The Morgan fingerprint density at radius 1 is 1.30 bits per heavy atom. The molecule has 0 bridgehead atoms. The summed E-state index contributed by atoms with van der Waals surface area (Å²) in [6.07, 6.45) is 0.362. The first kappa shape index (κ1) is 20.6. The molecule has 1 aliphatic carbocycles. The number of para-hydroxylation sites is 1. The minimum Gasteiger partial charge on any atom is -0.512 e. The van der Waals surface area contributed by atoms with Gasteiger partial charge in [0.1, 0.15) is 5.76 Å². The minimum atomic E-state index is -0.867. The molecule has 0 radical (unpaired) electrons. The molecular weight excluding hydrogens is 348 g/mol. The maximum Gasteiger partial charge on any atom is 0.273 e. The van der Waals surface area contributed by atoms with E-state index in [1.165, 1.54) is 12.1 Å². The topological polar surface area (TPSA) is 110 Å². The predicted molar refractivity (Wildman–Crippen MR) is 101 cm³/mol. The number of benzene rings is 1. The number of nitrogens with zero attached hydrogens (tertiary/aromatic N) is 1. The smallest absolute Gasteiger partial charge is 0.273 e. The van der Waals surface area contributed by atoms with Crippen LogP contribution < -0.4 is 5.32 Å². The lowest BCUT2D eigenvalue weighted by atomic mass is 9.71. The standard InChI is InChI=1S/C20H26N2O5/c1-12(2)21-18(25)9-14(13-7-5-6-8-15(13)22(26)27)19-16(23)10-20(3,4)11-17(19)24/h5-8,12,14,23H,9-11H2,1-4H3,(H,21,25). The lowest BCUT2D eigenvalue weighted by Crippen LogP contribution is -2.34. The molecule has 0 fully saturated rings. The number of rotatable bonds is 6. The van der Waals surface area contributed by atoms with Crippen LogP contribution in [0.1, 0.15) is 58.4 Å². The van der Waals surface area contributed by atoms with Gasteiger partial charge in [-0.25, -0.2) is 0 Å². The second-order valence-corrected chi connectivity index (χ2v) is 8.10. The number of hydrogen-bond donors (Lipinski definition) is 2. The Balaban J connectivity index is 2.56. The van der Waals surface area contributed by atoms with Gasteiger partial charge in [0, 0.05) is 48.4 Å². The van der Waals surface area contributed by atoms with E-state index in [1.54, 1.807) is 12.1 Å². The van der Waals surface area contributed by atoms with Crippen molar-refractivity contribution < 1.29 is 19.6 Å². The lowest BCUT2D eigenvalue weighted by molar-refractivity contribution is -0.385. The molecule has 146 valence electrons. The molecule has 1 aromatic carbocycles. The Bertz CT molecular complexity index is 795. The van der Waals surface area contributed by atoms with Crippen molar-refractivity contribution in [1.29, 1.82) is 0 Å². The van der Waals surface area contributed by atoms with Crippen LogP contribution >= 0.6 is 0 Å². The normalized spacial score (nSPS) is 17.7. The number of carbonyl (C=O) groups excluding carboxylic acids is 2. The fraction of sp³-hybridized carbons (Fsp3) is 0.500. The monoisotopic (exact) mass is 374 g/mol. The Kier molecular flexibility index (Phi) is 6.03. The van der Waals surface area contributed by atoms with E-state index in [0.717, 1.165) is 0 Å². The van der Waals surface area contributed by atoms with E-state index in [2.05, 4.69) is 5.32 Å². The minimum absolute atomic E-state index is 0.0863. The zero-order valence-corrected chi connectivity index (χ0v) is 16.1. The van der Waals surface area contributed by atoms with Crippen LogP contribution in [-0.4, -0.2) is 27.8 Å².